The minimum atomic E-state index is -0.606. The largest absolute Gasteiger partial charge is 0.493 e. The second kappa shape index (κ2) is 11.3. The molecule has 224 valence electrons. The quantitative estimate of drug-likeness (QED) is 0.388. The van der Waals surface area contributed by atoms with Gasteiger partial charge in [0.05, 0.1) is 45.3 Å². The van der Waals surface area contributed by atoms with E-state index in [0.717, 1.165) is 29.1 Å². The van der Waals surface area contributed by atoms with Crippen molar-refractivity contribution in [1.29, 1.82) is 0 Å². The van der Waals surface area contributed by atoms with E-state index in [9.17, 15) is 9.59 Å². The number of carbonyl (C=O) groups is 2. The van der Waals surface area contributed by atoms with E-state index in [1.54, 1.807) is 21.3 Å². The van der Waals surface area contributed by atoms with Crippen LogP contribution in [-0.4, -0.2) is 51.0 Å². The molecule has 8 heteroatoms. The van der Waals surface area contributed by atoms with E-state index in [1.807, 2.05) is 53.4 Å². The number of ether oxygens (including phenoxy) is 3. The lowest BCUT2D eigenvalue weighted by atomic mass is 9.73. The van der Waals surface area contributed by atoms with Gasteiger partial charge in [-0.25, -0.2) is 0 Å². The smallest absolute Gasteiger partial charge is 0.242 e. The Morgan fingerprint density at radius 1 is 0.907 bits per heavy atom. The van der Waals surface area contributed by atoms with Gasteiger partial charge in [0.15, 0.2) is 17.3 Å². The Morgan fingerprint density at radius 3 is 2.37 bits per heavy atom. The summed E-state index contributed by atoms with van der Waals surface area (Å²) in [5.74, 6) is 1.49. The van der Waals surface area contributed by atoms with Crippen molar-refractivity contribution in [3.63, 3.8) is 0 Å². The monoisotopic (exact) mass is 581 g/mol. The number of amides is 1. The standard InChI is InChI=1S/C35H39N3O5/c1-35(2)18-26-31(28(39)19-35)32(24-14-15-29(41-3)34(43-5)33(24)42-4)38(27-13-9-8-12-25(27)36-26)21-30(40)37-17-16-22-10-6-7-11-23(22)20-37/h6-15,32,36H,16-21H2,1-5H3. The molecule has 2 heterocycles. The van der Waals surface area contributed by atoms with Gasteiger partial charge < -0.3 is 29.3 Å². The molecule has 0 spiro atoms. The molecule has 0 radical (unpaired) electrons. The van der Waals surface area contributed by atoms with Crippen LogP contribution in [0.1, 0.15) is 49.4 Å². The maximum atomic E-state index is 14.2. The van der Waals surface area contributed by atoms with Crippen molar-refractivity contribution >= 4 is 23.1 Å². The summed E-state index contributed by atoms with van der Waals surface area (Å²) in [6.07, 6.45) is 1.91. The van der Waals surface area contributed by atoms with Gasteiger partial charge >= 0.3 is 0 Å². The van der Waals surface area contributed by atoms with Crippen LogP contribution in [0.3, 0.4) is 0 Å². The molecular formula is C35H39N3O5. The number of nitrogens with zero attached hydrogens (tertiary/aromatic N) is 2. The molecule has 3 aromatic rings. The molecule has 0 saturated carbocycles. The minimum absolute atomic E-state index is 0.00129. The molecule has 1 atom stereocenters. The highest BCUT2D eigenvalue weighted by Crippen LogP contribution is 2.52. The molecule has 2 aliphatic heterocycles. The molecule has 0 aromatic heterocycles. The highest BCUT2D eigenvalue weighted by molar-refractivity contribution is 6.02. The molecule has 0 fully saturated rings. The number of allylic oxidation sites excluding steroid dienone is 1. The van der Waals surface area contributed by atoms with E-state index in [2.05, 4.69) is 36.2 Å². The van der Waals surface area contributed by atoms with Crippen LogP contribution in [-0.2, 0) is 22.6 Å². The number of rotatable bonds is 6. The lowest BCUT2D eigenvalue weighted by molar-refractivity contribution is -0.130. The molecule has 1 amide bonds. The zero-order valence-corrected chi connectivity index (χ0v) is 25.5. The number of ketones is 1. The normalized spacial score (nSPS) is 19.0. The van der Waals surface area contributed by atoms with Gasteiger partial charge in [0.25, 0.3) is 0 Å². The fourth-order valence-corrected chi connectivity index (χ4v) is 6.84. The number of carbonyl (C=O) groups excluding carboxylic acids is 2. The molecule has 0 saturated heterocycles. The van der Waals surface area contributed by atoms with Crippen molar-refractivity contribution in [3.05, 3.63) is 88.6 Å². The SMILES string of the molecule is COc1ccc(C2C3=C(CC(C)(C)CC3=O)Nc3ccccc3N2CC(=O)N2CCc3ccccc3C2)c(OC)c1OC. The third-order valence-corrected chi connectivity index (χ3v) is 8.82. The first-order valence-corrected chi connectivity index (χ1v) is 14.8. The van der Waals surface area contributed by atoms with Gasteiger partial charge in [-0.2, -0.15) is 0 Å². The van der Waals surface area contributed by atoms with Crippen LogP contribution in [0, 0.1) is 5.41 Å². The van der Waals surface area contributed by atoms with Crippen molar-refractivity contribution in [2.75, 3.05) is 44.6 Å². The average Bonchev–Trinajstić information content (AvgIpc) is 3.13. The van der Waals surface area contributed by atoms with Gasteiger partial charge in [0.2, 0.25) is 11.7 Å². The summed E-state index contributed by atoms with van der Waals surface area (Å²) in [6, 6.07) is 19.4. The fourth-order valence-electron chi connectivity index (χ4n) is 6.84. The van der Waals surface area contributed by atoms with Crippen LogP contribution < -0.4 is 24.4 Å². The van der Waals surface area contributed by atoms with Gasteiger partial charge in [-0.15, -0.1) is 0 Å². The van der Waals surface area contributed by atoms with Gasteiger partial charge in [-0.1, -0.05) is 50.2 Å². The number of benzene rings is 3. The first-order chi connectivity index (χ1) is 20.7. The van der Waals surface area contributed by atoms with Crippen LogP contribution in [0.15, 0.2) is 71.9 Å². The number of hydrogen-bond donors (Lipinski definition) is 1. The van der Waals surface area contributed by atoms with Gasteiger partial charge in [0.1, 0.15) is 0 Å². The van der Waals surface area contributed by atoms with Crippen molar-refractivity contribution < 1.29 is 23.8 Å². The third kappa shape index (κ3) is 5.19. The Balaban J connectivity index is 1.52. The molecule has 1 aliphatic carbocycles. The van der Waals surface area contributed by atoms with Gasteiger partial charge in [0, 0.05) is 36.3 Å². The zero-order valence-electron chi connectivity index (χ0n) is 25.5. The summed E-state index contributed by atoms with van der Waals surface area (Å²) in [6.45, 7) is 5.53. The van der Waals surface area contributed by atoms with E-state index < -0.39 is 6.04 Å². The number of methoxy groups -OCH3 is 3. The van der Waals surface area contributed by atoms with Gasteiger partial charge in [-0.05, 0) is 53.6 Å². The second-order valence-corrected chi connectivity index (χ2v) is 12.3. The topological polar surface area (TPSA) is 80.3 Å². The average molecular weight is 582 g/mol. The molecule has 3 aliphatic rings. The zero-order chi connectivity index (χ0) is 30.3. The lowest BCUT2D eigenvalue weighted by Crippen LogP contribution is -2.45. The van der Waals surface area contributed by atoms with E-state index >= 15 is 0 Å². The van der Waals surface area contributed by atoms with E-state index in [4.69, 9.17) is 14.2 Å². The Bertz CT molecular complexity index is 1610. The Hall–Kier alpha value is -4.46. The third-order valence-electron chi connectivity index (χ3n) is 8.82. The van der Waals surface area contributed by atoms with Crippen molar-refractivity contribution in [3.8, 4) is 17.2 Å². The molecule has 0 bridgehead atoms. The lowest BCUT2D eigenvalue weighted by Gasteiger charge is -2.39. The summed E-state index contributed by atoms with van der Waals surface area (Å²) in [5, 5.41) is 3.63. The predicted octanol–water partition coefficient (Wildman–Crippen LogP) is 5.91. The van der Waals surface area contributed by atoms with Crippen LogP contribution in [0.25, 0.3) is 0 Å². The Kier molecular flexibility index (Phi) is 7.54. The summed E-state index contributed by atoms with van der Waals surface area (Å²) in [5.41, 5.74) is 6.21. The van der Waals surface area contributed by atoms with Crippen molar-refractivity contribution in [2.45, 2.75) is 45.7 Å². The summed E-state index contributed by atoms with van der Waals surface area (Å²) in [4.78, 5) is 32.3. The van der Waals surface area contributed by atoms with Crippen LogP contribution in [0.5, 0.6) is 17.2 Å². The van der Waals surface area contributed by atoms with Crippen LogP contribution in [0.2, 0.25) is 0 Å². The molecule has 1 N–H and O–H groups in total. The maximum Gasteiger partial charge on any atom is 0.242 e. The van der Waals surface area contributed by atoms with E-state index in [-0.39, 0.29) is 23.7 Å². The number of hydrogen-bond acceptors (Lipinski definition) is 7. The molecule has 8 nitrogen and oxygen atoms in total. The van der Waals surface area contributed by atoms with Crippen molar-refractivity contribution in [2.24, 2.45) is 5.41 Å². The van der Waals surface area contributed by atoms with Crippen molar-refractivity contribution in [1.82, 2.24) is 4.90 Å². The molecular weight excluding hydrogens is 542 g/mol. The number of Topliss-reactive ketones (excluding diaryl/α,β-unsaturated/α-hetero) is 1. The van der Waals surface area contributed by atoms with E-state index in [0.29, 0.717) is 48.8 Å². The number of nitrogens with one attached hydrogen (secondary N) is 1. The molecule has 43 heavy (non-hydrogen) atoms. The van der Waals surface area contributed by atoms with Crippen LogP contribution >= 0.6 is 0 Å². The minimum Gasteiger partial charge on any atom is -0.493 e. The highest BCUT2D eigenvalue weighted by Gasteiger charge is 2.43. The molecule has 3 aromatic carbocycles. The van der Waals surface area contributed by atoms with Gasteiger partial charge in [-0.3, -0.25) is 9.59 Å². The number of fused-ring (bicyclic) bond motifs is 2. The fraction of sp³-hybridized carbons (Fsp3) is 0.371. The Morgan fingerprint density at radius 2 is 1.63 bits per heavy atom. The first-order valence-electron chi connectivity index (χ1n) is 14.8. The second-order valence-electron chi connectivity index (χ2n) is 12.3. The number of para-hydroxylation sites is 2. The first kappa shape index (κ1) is 28.6. The molecule has 6 rings (SSSR count). The summed E-state index contributed by atoms with van der Waals surface area (Å²) >= 11 is 0. The summed E-state index contributed by atoms with van der Waals surface area (Å²) in [7, 11) is 4.74. The van der Waals surface area contributed by atoms with Crippen LogP contribution in [0.4, 0.5) is 11.4 Å². The maximum absolute atomic E-state index is 14.2. The molecule has 1 unspecified atom stereocenters. The number of anilines is 2. The van der Waals surface area contributed by atoms with E-state index in [1.165, 1.54) is 11.1 Å². The Labute approximate surface area is 253 Å². The summed E-state index contributed by atoms with van der Waals surface area (Å²) < 4.78 is 17.3. The predicted molar refractivity (Wildman–Crippen MR) is 167 cm³/mol. The highest BCUT2D eigenvalue weighted by atomic mass is 16.5.